The minimum atomic E-state index is 0.312. The highest BCUT2D eigenvalue weighted by Crippen LogP contribution is 2.25. The number of nitrogen functional groups attached to an aromatic ring is 1. The van der Waals surface area contributed by atoms with E-state index in [1.54, 1.807) is 10.8 Å². The van der Waals surface area contributed by atoms with E-state index in [1.807, 2.05) is 30.3 Å². The Labute approximate surface area is 107 Å². The van der Waals surface area contributed by atoms with Crippen molar-refractivity contribution in [2.75, 3.05) is 5.73 Å². The molecular formula is C13H9N5O. The zero-order valence-corrected chi connectivity index (χ0v) is 9.82. The molecule has 6 nitrogen and oxygen atoms in total. The van der Waals surface area contributed by atoms with E-state index in [2.05, 4.69) is 15.0 Å². The first-order valence-corrected chi connectivity index (χ1v) is 5.76. The molecule has 0 saturated carbocycles. The number of nitrogens with two attached hydrogens (primary N) is 1. The minimum absolute atomic E-state index is 0.312. The van der Waals surface area contributed by atoms with Gasteiger partial charge in [0.15, 0.2) is 5.82 Å². The van der Waals surface area contributed by atoms with Crippen molar-refractivity contribution in [3.63, 3.8) is 0 Å². The Morgan fingerprint density at radius 3 is 2.95 bits per heavy atom. The lowest BCUT2D eigenvalue weighted by Crippen LogP contribution is -2.07. The predicted molar refractivity (Wildman–Crippen MR) is 70.0 cm³/mol. The van der Waals surface area contributed by atoms with Crippen LogP contribution in [0.5, 0.6) is 0 Å². The zero-order chi connectivity index (χ0) is 12.8. The molecule has 0 amide bonds. The molecule has 1 aromatic carbocycles. The lowest BCUT2D eigenvalue weighted by molar-refractivity contribution is 0.579. The number of rotatable bonds is 1. The van der Waals surface area contributed by atoms with Gasteiger partial charge in [-0.1, -0.05) is 18.2 Å². The van der Waals surface area contributed by atoms with Crippen molar-refractivity contribution in [2.45, 2.75) is 0 Å². The monoisotopic (exact) mass is 251 g/mol. The Hall–Kier alpha value is -2.89. The molecule has 2 aliphatic rings. The third-order valence-corrected chi connectivity index (χ3v) is 2.97. The summed E-state index contributed by atoms with van der Waals surface area (Å²) in [5.74, 6) is 1.45. The smallest absolute Gasteiger partial charge is 0.209 e. The van der Waals surface area contributed by atoms with Crippen molar-refractivity contribution < 1.29 is 4.42 Å². The number of hydrogen-bond donors (Lipinski definition) is 1. The van der Waals surface area contributed by atoms with Crippen molar-refractivity contribution in [1.82, 2.24) is 19.5 Å². The molecule has 0 atom stereocenters. The van der Waals surface area contributed by atoms with E-state index < -0.39 is 0 Å². The lowest BCUT2D eigenvalue weighted by atomic mass is 10.3. The quantitative estimate of drug-likeness (QED) is 0.560. The Kier molecular flexibility index (Phi) is 1.88. The number of nitrogens with zero attached hydrogens (tertiary/aromatic N) is 4. The number of fused-ring (bicyclic) bond motifs is 2. The number of imidazole rings is 1. The summed E-state index contributed by atoms with van der Waals surface area (Å²) in [6.07, 6.45) is 3.22. The molecule has 2 aromatic rings. The lowest BCUT2D eigenvalue weighted by Gasteiger charge is -2.07. The van der Waals surface area contributed by atoms with Gasteiger partial charge in [0.05, 0.1) is 0 Å². The summed E-state index contributed by atoms with van der Waals surface area (Å²) in [7, 11) is 0. The highest BCUT2D eigenvalue weighted by atomic mass is 16.4. The number of hydrogen-bond acceptors (Lipinski definition) is 5. The van der Waals surface area contributed by atoms with Gasteiger partial charge in [-0.3, -0.25) is 4.57 Å². The molecule has 0 spiro atoms. The van der Waals surface area contributed by atoms with Gasteiger partial charge in [0.1, 0.15) is 17.6 Å². The van der Waals surface area contributed by atoms with Gasteiger partial charge >= 0.3 is 0 Å². The fourth-order valence-corrected chi connectivity index (χ4v) is 2.06. The van der Waals surface area contributed by atoms with Crippen LogP contribution in [0.15, 0.2) is 47.3 Å². The highest BCUT2D eigenvalue weighted by Gasteiger charge is 2.14. The van der Waals surface area contributed by atoms with E-state index in [4.69, 9.17) is 10.2 Å². The molecule has 0 aliphatic carbocycles. The van der Waals surface area contributed by atoms with Crippen molar-refractivity contribution in [2.24, 2.45) is 0 Å². The number of para-hydroxylation sites is 1. The topological polar surface area (TPSA) is 82.8 Å². The highest BCUT2D eigenvalue weighted by molar-refractivity contribution is 5.79. The first kappa shape index (κ1) is 10.1. The maximum atomic E-state index is 5.92. The SMILES string of the molecule is Nc1nc2ncnc-2cn1-c1cc2ccccc2o1. The van der Waals surface area contributed by atoms with Gasteiger partial charge in [0.2, 0.25) is 11.8 Å². The van der Waals surface area contributed by atoms with Gasteiger partial charge in [-0.05, 0) is 6.07 Å². The van der Waals surface area contributed by atoms with Gasteiger partial charge in [0.25, 0.3) is 0 Å². The Morgan fingerprint density at radius 2 is 2.05 bits per heavy atom. The largest absolute Gasteiger partial charge is 0.440 e. The minimum Gasteiger partial charge on any atom is -0.440 e. The van der Waals surface area contributed by atoms with Gasteiger partial charge in [-0.2, -0.15) is 4.98 Å². The van der Waals surface area contributed by atoms with E-state index in [-0.39, 0.29) is 0 Å². The average molecular weight is 251 g/mol. The van der Waals surface area contributed by atoms with Crippen LogP contribution in [0.2, 0.25) is 0 Å². The molecule has 19 heavy (non-hydrogen) atoms. The normalized spacial score (nSPS) is 11.4. The molecular weight excluding hydrogens is 242 g/mol. The van der Waals surface area contributed by atoms with Crippen LogP contribution in [0.4, 0.5) is 5.95 Å². The number of anilines is 1. The molecule has 6 heteroatoms. The van der Waals surface area contributed by atoms with Crippen LogP contribution in [0, 0.1) is 0 Å². The van der Waals surface area contributed by atoms with E-state index in [0.29, 0.717) is 23.4 Å². The second-order valence-corrected chi connectivity index (χ2v) is 4.17. The maximum Gasteiger partial charge on any atom is 0.209 e. The second-order valence-electron chi connectivity index (χ2n) is 4.17. The van der Waals surface area contributed by atoms with Gasteiger partial charge in [0, 0.05) is 17.6 Å². The third kappa shape index (κ3) is 1.46. The van der Waals surface area contributed by atoms with Crippen LogP contribution >= 0.6 is 0 Å². The Morgan fingerprint density at radius 1 is 1.16 bits per heavy atom. The van der Waals surface area contributed by atoms with Crippen molar-refractivity contribution >= 4 is 16.9 Å². The Bertz CT molecular complexity index is 814. The Balaban J connectivity index is 1.98. The van der Waals surface area contributed by atoms with Gasteiger partial charge < -0.3 is 10.2 Å². The summed E-state index contributed by atoms with van der Waals surface area (Å²) < 4.78 is 7.42. The third-order valence-electron chi connectivity index (χ3n) is 2.97. The summed E-state index contributed by atoms with van der Waals surface area (Å²) in [4.78, 5) is 12.3. The van der Waals surface area contributed by atoms with Crippen molar-refractivity contribution in [1.29, 1.82) is 0 Å². The molecule has 0 fully saturated rings. The van der Waals surface area contributed by atoms with Crippen LogP contribution in [-0.2, 0) is 0 Å². The summed E-state index contributed by atoms with van der Waals surface area (Å²) >= 11 is 0. The van der Waals surface area contributed by atoms with Crippen molar-refractivity contribution in [3.05, 3.63) is 42.9 Å². The van der Waals surface area contributed by atoms with E-state index in [9.17, 15) is 0 Å². The van der Waals surface area contributed by atoms with Crippen molar-refractivity contribution in [3.8, 4) is 17.4 Å². The summed E-state index contributed by atoms with van der Waals surface area (Å²) in [5, 5.41) is 1.01. The summed E-state index contributed by atoms with van der Waals surface area (Å²) in [6.45, 7) is 0. The molecule has 3 heterocycles. The first-order chi connectivity index (χ1) is 9.31. The predicted octanol–water partition coefficient (Wildman–Crippen LogP) is 2.10. The second kappa shape index (κ2) is 3.55. The molecule has 0 radical (unpaired) electrons. The van der Waals surface area contributed by atoms with Crippen LogP contribution in [0.3, 0.4) is 0 Å². The summed E-state index contributed by atoms with van der Waals surface area (Å²) in [5.41, 5.74) is 7.40. The molecule has 0 unspecified atom stereocenters. The first-order valence-electron chi connectivity index (χ1n) is 5.76. The van der Waals surface area contributed by atoms with Crippen LogP contribution in [0.25, 0.3) is 28.4 Å². The number of furan rings is 1. The number of aromatic nitrogens is 4. The fourth-order valence-electron chi connectivity index (χ4n) is 2.06. The average Bonchev–Trinajstić information content (AvgIpc) is 3.02. The fraction of sp³-hybridized carbons (Fsp3) is 0. The van der Waals surface area contributed by atoms with Gasteiger partial charge in [-0.25, -0.2) is 9.97 Å². The number of benzene rings is 1. The van der Waals surface area contributed by atoms with Crippen LogP contribution in [-0.4, -0.2) is 19.5 Å². The van der Waals surface area contributed by atoms with Crippen LogP contribution < -0.4 is 5.73 Å². The molecule has 92 valence electrons. The van der Waals surface area contributed by atoms with E-state index in [1.165, 1.54) is 6.33 Å². The molecule has 4 rings (SSSR count). The molecule has 0 bridgehead atoms. The maximum absolute atomic E-state index is 5.92. The molecule has 2 aliphatic heterocycles. The zero-order valence-electron chi connectivity index (χ0n) is 9.82. The standard InChI is InChI=1S/C13H9N5O/c14-13-17-12-9(15-7-16-12)6-18(13)11-5-8-3-1-2-4-10(8)19-11/h1-7H,(H2,14,15,16,17). The van der Waals surface area contributed by atoms with E-state index in [0.717, 1.165) is 11.0 Å². The van der Waals surface area contributed by atoms with Gasteiger partial charge in [-0.15, -0.1) is 0 Å². The van der Waals surface area contributed by atoms with E-state index >= 15 is 0 Å². The summed E-state index contributed by atoms with van der Waals surface area (Å²) in [6, 6.07) is 9.68. The molecule has 1 aromatic heterocycles. The molecule has 2 N–H and O–H groups in total. The molecule has 0 saturated heterocycles. The van der Waals surface area contributed by atoms with Crippen LogP contribution in [0.1, 0.15) is 0 Å².